The highest BCUT2D eigenvalue weighted by molar-refractivity contribution is 5.78. The second-order valence-corrected chi connectivity index (χ2v) is 6.87. The van der Waals surface area contributed by atoms with Crippen molar-refractivity contribution in [1.82, 2.24) is 0 Å². The minimum Gasteiger partial charge on any atom is -0.465 e. The van der Waals surface area contributed by atoms with E-state index in [4.69, 9.17) is 4.74 Å². The zero-order valence-electron chi connectivity index (χ0n) is 11.0. The standard InChI is InChI=1S/C15H22O2/c1-9-4-5-10-8-17-14(16)13(10)12-7-15(2,3)6-11(9)12/h7,9-11,13H,4-6,8H2,1-3H3/t9-,10+,11+,13-/m1/s1. The van der Waals surface area contributed by atoms with E-state index in [1.165, 1.54) is 18.4 Å². The summed E-state index contributed by atoms with van der Waals surface area (Å²) in [6.07, 6.45) is 5.99. The number of fused-ring (bicyclic) bond motifs is 3. The maximum atomic E-state index is 12.0. The van der Waals surface area contributed by atoms with Crippen LogP contribution in [-0.2, 0) is 9.53 Å². The van der Waals surface area contributed by atoms with E-state index in [9.17, 15) is 4.79 Å². The summed E-state index contributed by atoms with van der Waals surface area (Å²) in [6.45, 7) is 7.58. The number of carbonyl (C=O) groups is 1. The molecule has 2 heteroatoms. The van der Waals surface area contributed by atoms with E-state index in [1.807, 2.05) is 0 Å². The van der Waals surface area contributed by atoms with Gasteiger partial charge in [-0.05, 0) is 36.5 Å². The number of allylic oxidation sites excluding steroid dienone is 1. The topological polar surface area (TPSA) is 26.3 Å². The molecule has 0 N–H and O–H groups in total. The van der Waals surface area contributed by atoms with Gasteiger partial charge in [0.1, 0.15) is 0 Å². The largest absolute Gasteiger partial charge is 0.465 e. The molecule has 0 bridgehead atoms. The SMILES string of the molecule is C[C@@H]1CC[C@H]2COC(=O)[C@H]2C2=CC(C)(C)C[C@H]21. The van der Waals surface area contributed by atoms with Gasteiger partial charge in [0.15, 0.2) is 0 Å². The van der Waals surface area contributed by atoms with E-state index >= 15 is 0 Å². The van der Waals surface area contributed by atoms with Gasteiger partial charge >= 0.3 is 5.97 Å². The first-order valence-corrected chi connectivity index (χ1v) is 6.87. The molecule has 17 heavy (non-hydrogen) atoms. The fourth-order valence-electron chi connectivity index (χ4n) is 4.06. The van der Waals surface area contributed by atoms with Crippen LogP contribution in [0.1, 0.15) is 40.0 Å². The average Bonchev–Trinajstić information content (AvgIpc) is 2.72. The number of hydrogen-bond donors (Lipinski definition) is 0. The number of ether oxygens (including phenoxy) is 1. The van der Waals surface area contributed by atoms with Crippen molar-refractivity contribution >= 4 is 5.97 Å². The Morgan fingerprint density at radius 3 is 2.88 bits per heavy atom. The highest BCUT2D eigenvalue weighted by atomic mass is 16.5. The highest BCUT2D eigenvalue weighted by Gasteiger charge is 2.48. The molecule has 1 heterocycles. The van der Waals surface area contributed by atoms with Crippen LogP contribution < -0.4 is 0 Å². The van der Waals surface area contributed by atoms with E-state index in [0.29, 0.717) is 18.4 Å². The summed E-state index contributed by atoms with van der Waals surface area (Å²) < 4.78 is 5.29. The lowest BCUT2D eigenvalue weighted by Gasteiger charge is -2.23. The summed E-state index contributed by atoms with van der Waals surface area (Å²) in [4.78, 5) is 12.0. The van der Waals surface area contributed by atoms with Crippen molar-refractivity contribution < 1.29 is 9.53 Å². The lowest BCUT2D eigenvalue weighted by molar-refractivity contribution is -0.140. The van der Waals surface area contributed by atoms with Gasteiger partial charge in [-0.3, -0.25) is 4.79 Å². The molecule has 1 saturated carbocycles. The molecule has 0 amide bonds. The first-order chi connectivity index (χ1) is 7.98. The quantitative estimate of drug-likeness (QED) is 0.475. The van der Waals surface area contributed by atoms with Crippen LogP contribution in [0.4, 0.5) is 0 Å². The molecule has 94 valence electrons. The van der Waals surface area contributed by atoms with Crippen molar-refractivity contribution in [3.8, 4) is 0 Å². The minimum atomic E-state index is 0.0399. The third-order valence-corrected chi connectivity index (χ3v) is 4.94. The van der Waals surface area contributed by atoms with E-state index in [2.05, 4.69) is 26.8 Å². The number of esters is 1. The molecular formula is C15H22O2. The molecule has 0 aromatic carbocycles. The second kappa shape index (κ2) is 3.60. The maximum Gasteiger partial charge on any atom is 0.313 e. The summed E-state index contributed by atoms with van der Waals surface area (Å²) in [6, 6.07) is 0. The Balaban J connectivity index is 2.01. The molecule has 3 aliphatic rings. The number of cyclic esters (lactones) is 1. The Labute approximate surface area is 103 Å². The van der Waals surface area contributed by atoms with E-state index < -0.39 is 0 Å². The van der Waals surface area contributed by atoms with E-state index in [1.54, 1.807) is 0 Å². The monoisotopic (exact) mass is 234 g/mol. The molecule has 1 aliphatic heterocycles. The number of rotatable bonds is 0. The molecule has 0 unspecified atom stereocenters. The number of hydrogen-bond acceptors (Lipinski definition) is 2. The fourth-order valence-corrected chi connectivity index (χ4v) is 4.06. The molecule has 3 rings (SSSR count). The summed E-state index contributed by atoms with van der Waals surface area (Å²) in [5.41, 5.74) is 1.67. The zero-order chi connectivity index (χ0) is 12.2. The van der Waals surface area contributed by atoms with Crippen LogP contribution in [0.3, 0.4) is 0 Å². The Morgan fingerprint density at radius 1 is 1.35 bits per heavy atom. The molecule has 0 spiro atoms. The fraction of sp³-hybridized carbons (Fsp3) is 0.800. The van der Waals surface area contributed by atoms with Crippen molar-refractivity contribution in [2.75, 3.05) is 6.61 Å². The van der Waals surface area contributed by atoms with Crippen LogP contribution >= 0.6 is 0 Å². The first kappa shape index (κ1) is 11.3. The van der Waals surface area contributed by atoms with Gasteiger partial charge < -0.3 is 4.74 Å². The summed E-state index contributed by atoms with van der Waals surface area (Å²) >= 11 is 0. The van der Waals surface area contributed by atoms with Gasteiger partial charge in [-0.1, -0.05) is 32.4 Å². The molecule has 1 saturated heterocycles. The molecule has 0 aromatic heterocycles. The van der Waals surface area contributed by atoms with Crippen LogP contribution in [0.5, 0.6) is 0 Å². The summed E-state index contributed by atoms with van der Waals surface area (Å²) in [7, 11) is 0. The van der Waals surface area contributed by atoms with Crippen molar-refractivity contribution in [2.45, 2.75) is 40.0 Å². The minimum absolute atomic E-state index is 0.0399. The molecule has 0 aromatic rings. The normalized spacial score (nSPS) is 43.5. The number of carbonyl (C=O) groups excluding carboxylic acids is 1. The summed E-state index contributed by atoms with van der Waals surface area (Å²) in [5, 5.41) is 0. The second-order valence-electron chi connectivity index (χ2n) is 6.87. The van der Waals surface area contributed by atoms with Gasteiger partial charge in [-0.2, -0.15) is 0 Å². The molecule has 0 radical (unpaired) electrons. The lowest BCUT2D eigenvalue weighted by Crippen LogP contribution is -2.20. The molecule has 2 aliphatic carbocycles. The van der Waals surface area contributed by atoms with Crippen molar-refractivity contribution in [3.05, 3.63) is 11.6 Å². The molecular weight excluding hydrogens is 212 g/mol. The van der Waals surface area contributed by atoms with E-state index in [0.717, 1.165) is 12.3 Å². The van der Waals surface area contributed by atoms with Crippen LogP contribution in [0.25, 0.3) is 0 Å². The van der Waals surface area contributed by atoms with Crippen molar-refractivity contribution in [1.29, 1.82) is 0 Å². The lowest BCUT2D eigenvalue weighted by atomic mass is 9.80. The molecule has 2 nitrogen and oxygen atoms in total. The van der Waals surface area contributed by atoms with Gasteiger partial charge in [-0.15, -0.1) is 0 Å². The third-order valence-electron chi connectivity index (χ3n) is 4.94. The zero-order valence-corrected chi connectivity index (χ0v) is 11.0. The Bertz CT molecular complexity index is 380. The smallest absolute Gasteiger partial charge is 0.313 e. The van der Waals surface area contributed by atoms with Crippen molar-refractivity contribution in [2.24, 2.45) is 29.1 Å². The third kappa shape index (κ3) is 1.73. The van der Waals surface area contributed by atoms with Crippen LogP contribution in [0.15, 0.2) is 11.6 Å². The van der Waals surface area contributed by atoms with Gasteiger partial charge in [0.2, 0.25) is 0 Å². The van der Waals surface area contributed by atoms with E-state index in [-0.39, 0.29) is 17.3 Å². The van der Waals surface area contributed by atoms with Crippen molar-refractivity contribution in [3.63, 3.8) is 0 Å². The maximum absolute atomic E-state index is 12.0. The Morgan fingerprint density at radius 2 is 2.12 bits per heavy atom. The predicted octanol–water partition coefficient (Wildman–Crippen LogP) is 3.18. The van der Waals surface area contributed by atoms with Crippen LogP contribution in [0.2, 0.25) is 0 Å². The van der Waals surface area contributed by atoms with Gasteiger partial charge in [-0.25, -0.2) is 0 Å². The highest BCUT2D eigenvalue weighted by Crippen LogP contribution is 2.52. The Hall–Kier alpha value is -0.790. The van der Waals surface area contributed by atoms with Crippen LogP contribution in [0, 0.1) is 29.1 Å². The van der Waals surface area contributed by atoms with Gasteiger partial charge in [0.05, 0.1) is 12.5 Å². The molecule has 4 atom stereocenters. The molecule has 2 fully saturated rings. The average molecular weight is 234 g/mol. The van der Waals surface area contributed by atoms with Gasteiger partial charge in [0, 0.05) is 5.92 Å². The summed E-state index contributed by atoms with van der Waals surface area (Å²) in [5.74, 6) is 1.92. The Kier molecular flexibility index (Phi) is 2.39. The van der Waals surface area contributed by atoms with Gasteiger partial charge in [0.25, 0.3) is 0 Å². The predicted molar refractivity (Wildman–Crippen MR) is 66.3 cm³/mol. The first-order valence-electron chi connectivity index (χ1n) is 6.87. The van der Waals surface area contributed by atoms with Crippen LogP contribution in [-0.4, -0.2) is 12.6 Å².